The highest BCUT2D eigenvalue weighted by Crippen LogP contribution is 2.07. The molecule has 45 heavy (non-hydrogen) atoms. The maximum Gasteiger partial charge on any atom is 0.248 e. The Kier molecular flexibility index (Phi) is 20.6. The van der Waals surface area contributed by atoms with E-state index in [4.69, 9.17) is 0 Å². The van der Waals surface area contributed by atoms with Gasteiger partial charge in [0.05, 0.1) is 19.4 Å². The Hall–Kier alpha value is -1.79. The normalized spacial score (nSPS) is 9.91. The molecule has 0 N–H and O–H groups in total. The maximum atomic E-state index is 3.96. The second-order valence-electron chi connectivity index (χ2n) is 9.89. The average molecular weight is 1050 g/mol. The molecule has 0 bridgehead atoms. The van der Waals surface area contributed by atoms with Crippen LogP contribution in [0.3, 0.4) is 0 Å². The van der Waals surface area contributed by atoms with Crippen LogP contribution in [0.5, 0.6) is 0 Å². The number of benzene rings is 3. The Morgan fingerprint density at radius 3 is 1.29 bits per heavy atom. The van der Waals surface area contributed by atoms with Crippen molar-refractivity contribution in [3.63, 3.8) is 0 Å². The van der Waals surface area contributed by atoms with Gasteiger partial charge in [-0.1, -0.05) is 99.8 Å². The van der Waals surface area contributed by atoms with E-state index < -0.39 is 0 Å². The van der Waals surface area contributed by atoms with Crippen LogP contribution in [0.15, 0.2) is 147 Å². The second kappa shape index (κ2) is 23.5. The van der Waals surface area contributed by atoms with Gasteiger partial charge in [-0.05, 0) is 70.9 Å². The standard InChI is InChI=1S/C22H24N4.C9H8N2.C4H8I2.2HI/c1-3-9-21(10-4-1)25-17-15-23(19-25)13-7-8-14-24-16-18-26(20-24)22-11-5-2-6-12-22;1-2-4-9(5-3-1)11-7-6-10-8-11;5-3-1-2-4-6;;/h1-6,9-12,15-20H,7-8,13-14H2;1-8H;1-4H2;2*1H/q+2;;;;/p-1. The lowest BCUT2D eigenvalue weighted by molar-refractivity contribution is -0.707. The molecule has 6 aromatic rings. The summed E-state index contributed by atoms with van der Waals surface area (Å²) in [5.74, 6) is 0. The number of hydrogen-bond donors (Lipinski definition) is 0. The van der Waals surface area contributed by atoms with Crippen LogP contribution in [-0.2, 0) is 13.1 Å². The van der Waals surface area contributed by atoms with Crippen LogP contribution in [0.4, 0.5) is 0 Å². The Morgan fingerprint density at radius 2 is 0.933 bits per heavy atom. The molecular weight excluding hydrogens is 1010 g/mol. The summed E-state index contributed by atoms with van der Waals surface area (Å²) >= 11 is 4.81. The van der Waals surface area contributed by atoms with Gasteiger partial charge in [-0.2, -0.15) is 0 Å². The van der Waals surface area contributed by atoms with Crippen LogP contribution < -0.4 is 33.1 Å². The third-order valence-electron chi connectivity index (χ3n) is 6.65. The zero-order valence-electron chi connectivity index (χ0n) is 25.2. The Labute approximate surface area is 329 Å². The van der Waals surface area contributed by atoms with Gasteiger partial charge in [-0.15, -0.1) is 24.0 Å². The first kappa shape index (κ1) is 39.4. The summed E-state index contributed by atoms with van der Waals surface area (Å²) < 4.78 is 13.4. The fraction of sp³-hybridized carbons (Fsp3) is 0.229. The molecule has 238 valence electrons. The summed E-state index contributed by atoms with van der Waals surface area (Å²) in [4.78, 5) is 3.96. The summed E-state index contributed by atoms with van der Waals surface area (Å²) in [6, 6.07) is 31.0. The van der Waals surface area contributed by atoms with E-state index in [0.29, 0.717) is 0 Å². The fourth-order valence-electron chi connectivity index (χ4n) is 4.35. The number of para-hydroxylation sites is 3. The largest absolute Gasteiger partial charge is 1.00 e. The predicted octanol–water partition coefficient (Wildman–Crippen LogP) is 5.45. The van der Waals surface area contributed by atoms with Gasteiger partial charge in [0.15, 0.2) is 0 Å². The molecule has 0 spiro atoms. The summed E-state index contributed by atoms with van der Waals surface area (Å²) in [5, 5.41) is 0. The van der Waals surface area contributed by atoms with Crippen molar-refractivity contribution in [1.82, 2.24) is 18.7 Å². The van der Waals surface area contributed by atoms with Crippen LogP contribution in [-0.4, -0.2) is 27.5 Å². The highest BCUT2D eigenvalue weighted by molar-refractivity contribution is 14.1. The third-order valence-corrected chi connectivity index (χ3v) is 8.18. The number of aryl methyl sites for hydroxylation is 2. The average Bonchev–Trinajstić information content (AvgIpc) is 3.87. The summed E-state index contributed by atoms with van der Waals surface area (Å²) in [6.07, 6.45) is 23.4. The van der Waals surface area contributed by atoms with Crippen LogP contribution in [0, 0.1) is 0 Å². The van der Waals surface area contributed by atoms with Crippen LogP contribution in [0.2, 0.25) is 0 Å². The van der Waals surface area contributed by atoms with Gasteiger partial charge in [0, 0.05) is 18.1 Å². The monoisotopic (exact) mass is 1050 g/mol. The molecule has 10 heteroatoms. The molecule has 6 rings (SSSR count). The number of hydrogen-bond acceptors (Lipinski definition) is 1. The highest BCUT2D eigenvalue weighted by Gasteiger charge is 2.08. The van der Waals surface area contributed by atoms with E-state index in [9.17, 15) is 0 Å². The first-order valence-corrected chi connectivity index (χ1v) is 17.7. The third kappa shape index (κ3) is 14.2. The molecule has 0 radical (unpaired) electrons. The topological polar surface area (TPSA) is 35.4 Å². The molecule has 0 aliphatic rings. The van der Waals surface area contributed by atoms with E-state index in [1.54, 1.807) is 12.5 Å². The van der Waals surface area contributed by atoms with Gasteiger partial charge < -0.3 is 28.5 Å². The molecule has 3 heterocycles. The van der Waals surface area contributed by atoms with E-state index in [1.165, 1.54) is 33.1 Å². The number of nitrogens with zero attached hydrogens (tertiary/aromatic N) is 6. The smallest absolute Gasteiger partial charge is 0.248 e. The number of alkyl halides is 2. The molecule has 3 aromatic carbocycles. The summed E-state index contributed by atoms with van der Waals surface area (Å²) in [6.45, 7) is 2.08. The van der Waals surface area contributed by atoms with Crippen molar-refractivity contribution in [2.45, 2.75) is 38.8 Å². The zero-order valence-corrected chi connectivity index (χ0v) is 34.0. The second-order valence-corrected chi connectivity index (χ2v) is 12.0. The van der Waals surface area contributed by atoms with Crippen molar-refractivity contribution in [2.75, 3.05) is 8.86 Å². The van der Waals surface area contributed by atoms with E-state index in [-0.39, 0.29) is 48.0 Å². The summed E-state index contributed by atoms with van der Waals surface area (Å²) in [5.41, 5.74) is 3.54. The maximum absolute atomic E-state index is 3.96. The van der Waals surface area contributed by atoms with Gasteiger partial charge >= 0.3 is 0 Å². The molecule has 0 atom stereocenters. The fourth-order valence-corrected chi connectivity index (χ4v) is 5.43. The first-order chi connectivity index (χ1) is 21.3. The van der Waals surface area contributed by atoms with E-state index in [0.717, 1.165) is 31.6 Å². The minimum Gasteiger partial charge on any atom is -1.00 e. The molecule has 3 aromatic heterocycles. The molecule has 0 saturated carbocycles. The van der Waals surface area contributed by atoms with Crippen molar-refractivity contribution < 1.29 is 33.1 Å². The Morgan fingerprint density at radius 1 is 0.533 bits per heavy atom. The van der Waals surface area contributed by atoms with E-state index in [1.807, 2.05) is 53.2 Å². The number of aromatic nitrogens is 6. The minimum absolute atomic E-state index is 0. The van der Waals surface area contributed by atoms with Crippen LogP contribution in [0.25, 0.3) is 17.1 Å². The molecule has 0 unspecified atom stereocenters. The van der Waals surface area contributed by atoms with Crippen LogP contribution >= 0.6 is 69.2 Å². The quantitative estimate of drug-likeness (QED) is 0.0737. The van der Waals surface area contributed by atoms with Gasteiger partial charge in [0.1, 0.15) is 36.2 Å². The number of rotatable bonds is 11. The number of unbranched alkanes of at least 4 members (excludes halogenated alkanes) is 2. The lowest BCUT2D eigenvalue weighted by Crippen LogP contribution is -3.00. The lowest BCUT2D eigenvalue weighted by atomic mass is 10.3. The molecule has 0 amide bonds. The number of imidazole rings is 3. The predicted molar refractivity (Wildman–Crippen MR) is 207 cm³/mol. The van der Waals surface area contributed by atoms with E-state index >= 15 is 0 Å². The van der Waals surface area contributed by atoms with Gasteiger partial charge in [-0.25, -0.2) is 23.3 Å². The van der Waals surface area contributed by atoms with Crippen molar-refractivity contribution in [1.29, 1.82) is 0 Å². The minimum atomic E-state index is 0. The van der Waals surface area contributed by atoms with Gasteiger partial charge in [0.2, 0.25) is 12.7 Å². The van der Waals surface area contributed by atoms with Gasteiger partial charge in [0.25, 0.3) is 0 Å². The van der Waals surface area contributed by atoms with E-state index in [2.05, 4.69) is 154 Å². The van der Waals surface area contributed by atoms with Crippen molar-refractivity contribution in [3.8, 4) is 17.1 Å². The van der Waals surface area contributed by atoms with Crippen molar-refractivity contribution in [3.05, 3.63) is 147 Å². The SMILES string of the molecule is I.ICCCCI.[I-].c1ccc(-n2cc[n+](CCCC[n+]3ccn(-c4ccccc4)c3)c2)cc1.c1ccc(-n2ccnc2)cc1. The zero-order chi connectivity index (χ0) is 30.0. The highest BCUT2D eigenvalue weighted by atomic mass is 127. The molecule has 0 fully saturated rings. The molecule has 6 nitrogen and oxygen atoms in total. The molecule has 0 aliphatic heterocycles. The molecular formula is C35H41I4N6+. The molecule has 0 aliphatic carbocycles. The Bertz CT molecular complexity index is 1460. The Balaban J connectivity index is 0.000000308. The van der Waals surface area contributed by atoms with Crippen LogP contribution in [0.1, 0.15) is 25.7 Å². The molecule has 0 saturated heterocycles. The van der Waals surface area contributed by atoms with Crippen molar-refractivity contribution >= 4 is 69.2 Å². The first-order valence-electron chi connectivity index (χ1n) is 14.7. The lowest BCUT2D eigenvalue weighted by Gasteiger charge is -1.98. The summed E-state index contributed by atoms with van der Waals surface area (Å²) in [7, 11) is 0. The van der Waals surface area contributed by atoms with Gasteiger partial charge in [-0.3, -0.25) is 0 Å². The van der Waals surface area contributed by atoms with Crippen molar-refractivity contribution in [2.24, 2.45) is 0 Å². The number of halogens is 4.